The van der Waals surface area contributed by atoms with E-state index in [0.29, 0.717) is 6.10 Å². The Labute approximate surface area is 101 Å². The fourth-order valence-electron chi connectivity index (χ4n) is 2.45. The van der Waals surface area contributed by atoms with Crippen molar-refractivity contribution in [2.45, 2.75) is 45.3 Å². The van der Waals surface area contributed by atoms with Crippen molar-refractivity contribution in [3.8, 4) is 0 Å². The maximum absolute atomic E-state index is 5.84. The standard InChI is InChI=1S/C14H18N2O/c1-3-10-5-6-11-12(8-10)16-14(15-11)13-7-4-9(2)17-13/h5-6,8-9,13H,3-4,7H2,1-2H3,(H,15,16). The Balaban J connectivity index is 1.96. The quantitative estimate of drug-likeness (QED) is 0.859. The van der Waals surface area contributed by atoms with Crippen LogP contribution in [0.2, 0.25) is 0 Å². The summed E-state index contributed by atoms with van der Waals surface area (Å²) in [5.74, 6) is 0.984. The summed E-state index contributed by atoms with van der Waals surface area (Å²) in [5, 5.41) is 0. The van der Waals surface area contributed by atoms with Gasteiger partial charge in [-0.05, 0) is 43.9 Å². The van der Waals surface area contributed by atoms with Crippen molar-refractivity contribution in [2.75, 3.05) is 0 Å². The molecule has 0 amide bonds. The van der Waals surface area contributed by atoms with Crippen LogP contribution in [0.3, 0.4) is 0 Å². The van der Waals surface area contributed by atoms with E-state index in [-0.39, 0.29) is 6.10 Å². The zero-order valence-corrected chi connectivity index (χ0v) is 10.4. The lowest BCUT2D eigenvalue weighted by atomic mass is 10.1. The van der Waals surface area contributed by atoms with Gasteiger partial charge in [0.15, 0.2) is 0 Å². The third-order valence-corrected chi connectivity index (χ3v) is 3.51. The number of hydrogen-bond acceptors (Lipinski definition) is 2. The van der Waals surface area contributed by atoms with Gasteiger partial charge in [-0.3, -0.25) is 0 Å². The van der Waals surface area contributed by atoms with Crippen molar-refractivity contribution >= 4 is 11.0 Å². The first-order chi connectivity index (χ1) is 8.26. The summed E-state index contributed by atoms with van der Waals surface area (Å²) in [4.78, 5) is 8.02. The first-order valence-electron chi connectivity index (χ1n) is 6.40. The molecule has 0 aliphatic carbocycles. The maximum Gasteiger partial charge on any atom is 0.136 e. The highest BCUT2D eigenvalue weighted by Gasteiger charge is 2.25. The van der Waals surface area contributed by atoms with Gasteiger partial charge in [-0.1, -0.05) is 13.0 Å². The van der Waals surface area contributed by atoms with Crippen LogP contribution in [0.1, 0.15) is 44.2 Å². The lowest BCUT2D eigenvalue weighted by Crippen LogP contribution is -2.02. The van der Waals surface area contributed by atoms with Crippen LogP contribution >= 0.6 is 0 Å². The van der Waals surface area contributed by atoms with Gasteiger partial charge in [-0.15, -0.1) is 0 Å². The lowest BCUT2D eigenvalue weighted by Gasteiger charge is -2.06. The molecular weight excluding hydrogens is 212 g/mol. The molecule has 0 radical (unpaired) electrons. The fraction of sp³-hybridized carbons (Fsp3) is 0.500. The van der Waals surface area contributed by atoms with Crippen LogP contribution < -0.4 is 0 Å². The summed E-state index contributed by atoms with van der Waals surface area (Å²) >= 11 is 0. The number of imidazole rings is 1. The molecule has 1 aromatic carbocycles. The van der Waals surface area contributed by atoms with E-state index < -0.39 is 0 Å². The van der Waals surface area contributed by atoms with Crippen LogP contribution in [0.25, 0.3) is 11.0 Å². The Morgan fingerprint density at radius 2 is 2.29 bits per heavy atom. The number of nitrogens with zero attached hydrogens (tertiary/aromatic N) is 1. The van der Waals surface area contributed by atoms with Gasteiger partial charge in [0.05, 0.1) is 17.1 Å². The van der Waals surface area contributed by atoms with E-state index in [4.69, 9.17) is 4.74 Å². The molecule has 2 aromatic rings. The van der Waals surface area contributed by atoms with Gasteiger partial charge < -0.3 is 9.72 Å². The van der Waals surface area contributed by atoms with Crippen molar-refractivity contribution in [2.24, 2.45) is 0 Å². The molecule has 2 atom stereocenters. The minimum atomic E-state index is 0.155. The molecule has 2 heterocycles. The zero-order chi connectivity index (χ0) is 11.8. The third-order valence-electron chi connectivity index (χ3n) is 3.51. The maximum atomic E-state index is 5.84. The number of nitrogens with one attached hydrogen (secondary N) is 1. The molecule has 1 aliphatic rings. The van der Waals surface area contributed by atoms with Gasteiger partial charge in [-0.25, -0.2) is 4.98 Å². The minimum absolute atomic E-state index is 0.155. The molecule has 3 rings (SSSR count). The second-order valence-electron chi connectivity index (χ2n) is 4.84. The normalized spacial score (nSPS) is 24.6. The van der Waals surface area contributed by atoms with Crippen LogP contribution in [-0.4, -0.2) is 16.1 Å². The largest absolute Gasteiger partial charge is 0.367 e. The zero-order valence-electron chi connectivity index (χ0n) is 10.4. The SMILES string of the molecule is CCc1ccc2nc(C3CCC(C)O3)[nH]c2c1. The van der Waals surface area contributed by atoms with Crippen LogP contribution in [-0.2, 0) is 11.2 Å². The first-order valence-corrected chi connectivity index (χ1v) is 6.40. The highest BCUT2D eigenvalue weighted by Crippen LogP contribution is 2.31. The van der Waals surface area contributed by atoms with Gasteiger partial charge in [0.25, 0.3) is 0 Å². The van der Waals surface area contributed by atoms with Crippen molar-refractivity contribution in [1.82, 2.24) is 9.97 Å². The van der Waals surface area contributed by atoms with Crippen molar-refractivity contribution in [3.05, 3.63) is 29.6 Å². The number of hydrogen-bond donors (Lipinski definition) is 1. The summed E-state index contributed by atoms with van der Waals surface area (Å²) in [7, 11) is 0. The van der Waals surface area contributed by atoms with E-state index in [9.17, 15) is 0 Å². The fourth-order valence-corrected chi connectivity index (χ4v) is 2.45. The van der Waals surface area contributed by atoms with Crippen LogP contribution in [0.4, 0.5) is 0 Å². The number of aromatic amines is 1. The Kier molecular flexibility index (Phi) is 2.63. The van der Waals surface area contributed by atoms with E-state index >= 15 is 0 Å². The number of aryl methyl sites for hydroxylation is 1. The third kappa shape index (κ3) is 1.95. The van der Waals surface area contributed by atoms with Gasteiger partial charge >= 0.3 is 0 Å². The van der Waals surface area contributed by atoms with Gasteiger partial charge in [0.2, 0.25) is 0 Å². The second kappa shape index (κ2) is 4.15. The molecule has 2 unspecified atom stereocenters. The second-order valence-corrected chi connectivity index (χ2v) is 4.84. The summed E-state index contributed by atoms with van der Waals surface area (Å²) in [6.07, 6.45) is 3.77. The van der Waals surface area contributed by atoms with E-state index in [0.717, 1.165) is 36.1 Å². The highest BCUT2D eigenvalue weighted by atomic mass is 16.5. The Bertz CT molecular complexity index is 532. The van der Waals surface area contributed by atoms with Gasteiger partial charge in [0.1, 0.15) is 11.9 Å². The molecule has 0 bridgehead atoms. The van der Waals surface area contributed by atoms with Gasteiger partial charge in [0, 0.05) is 0 Å². The number of aromatic nitrogens is 2. The average Bonchev–Trinajstić information content (AvgIpc) is 2.93. The van der Waals surface area contributed by atoms with Crippen molar-refractivity contribution in [3.63, 3.8) is 0 Å². The van der Waals surface area contributed by atoms with Crippen LogP contribution in [0.5, 0.6) is 0 Å². The summed E-state index contributed by atoms with van der Waals surface area (Å²) in [6, 6.07) is 6.42. The summed E-state index contributed by atoms with van der Waals surface area (Å²) in [5.41, 5.74) is 3.51. The molecule has 1 aliphatic heterocycles. The summed E-state index contributed by atoms with van der Waals surface area (Å²) in [6.45, 7) is 4.29. The molecule has 90 valence electrons. The molecule has 0 spiro atoms. The minimum Gasteiger partial charge on any atom is -0.367 e. The average molecular weight is 230 g/mol. The predicted octanol–water partition coefficient (Wildman–Crippen LogP) is 3.37. The lowest BCUT2D eigenvalue weighted by molar-refractivity contribution is 0.0510. The molecule has 1 N–H and O–H groups in total. The van der Waals surface area contributed by atoms with E-state index in [1.165, 1.54) is 5.56 Å². The number of benzene rings is 1. The number of H-pyrrole nitrogens is 1. The van der Waals surface area contributed by atoms with Gasteiger partial charge in [-0.2, -0.15) is 0 Å². The van der Waals surface area contributed by atoms with Crippen molar-refractivity contribution < 1.29 is 4.74 Å². The Morgan fingerprint density at radius 1 is 1.41 bits per heavy atom. The van der Waals surface area contributed by atoms with Crippen LogP contribution in [0.15, 0.2) is 18.2 Å². The first kappa shape index (κ1) is 10.8. The Hall–Kier alpha value is -1.35. The van der Waals surface area contributed by atoms with E-state index in [1.807, 2.05) is 0 Å². The molecule has 1 fully saturated rings. The van der Waals surface area contributed by atoms with Crippen LogP contribution in [0, 0.1) is 0 Å². The monoisotopic (exact) mass is 230 g/mol. The highest BCUT2D eigenvalue weighted by molar-refractivity contribution is 5.75. The molecule has 1 aromatic heterocycles. The Morgan fingerprint density at radius 3 is 3.00 bits per heavy atom. The van der Waals surface area contributed by atoms with E-state index in [1.54, 1.807) is 0 Å². The number of ether oxygens (including phenoxy) is 1. The molecule has 0 saturated carbocycles. The topological polar surface area (TPSA) is 37.9 Å². The molecule has 3 nitrogen and oxygen atoms in total. The summed E-state index contributed by atoms with van der Waals surface area (Å²) < 4.78 is 5.84. The molecule has 1 saturated heterocycles. The molecule has 3 heteroatoms. The molecule has 17 heavy (non-hydrogen) atoms. The van der Waals surface area contributed by atoms with E-state index in [2.05, 4.69) is 42.0 Å². The predicted molar refractivity (Wildman–Crippen MR) is 68.0 cm³/mol. The number of fused-ring (bicyclic) bond motifs is 1. The van der Waals surface area contributed by atoms with Crippen molar-refractivity contribution in [1.29, 1.82) is 0 Å². The molecular formula is C14H18N2O. The smallest absolute Gasteiger partial charge is 0.136 e. The number of rotatable bonds is 2.